The van der Waals surface area contributed by atoms with E-state index in [2.05, 4.69) is 5.32 Å². The van der Waals surface area contributed by atoms with E-state index in [1.807, 2.05) is 12.1 Å². The Morgan fingerprint density at radius 2 is 1.50 bits per heavy atom. The second-order valence-corrected chi connectivity index (χ2v) is 6.36. The molecule has 1 amide bonds. The molecule has 6 nitrogen and oxygen atoms in total. The molecule has 0 saturated heterocycles. The fourth-order valence-electron chi connectivity index (χ4n) is 2.80. The Morgan fingerprint density at radius 1 is 0.821 bits per heavy atom. The first kappa shape index (κ1) is 19.1. The number of methoxy groups -OCH3 is 1. The minimum Gasteiger partial charge on any atom is -0.507 e. The van der Waals surface area contributed by atoms with Crippen LogP contribution in [-0.4, -0.2) is 28.3 Å². The van der Waals surface area contributed by atoms with Gasteiger partial charge in [0.2, 0.25) is 0 Å². The quantitative estimate of drug-likeness (QED) is 0.488. The molecule has 3 aromatic carbocycles. The first-order chi connectivity index (χ1) is 13.5. The number of amides is 1. The average Bonchev–Trinajstić information content (AvgIpc) is 2.69. The Bertz CT molecular complexity index is 983. The molecule has 0 aliphatic heterocycles. The molecule has 0 atom stereocenters. The topological polar surface area (TPSA) is 99.0 Å². The first-order valence-electron chi connectivity index (χ1n) is 8.74. The molecule has 3 aromatic rings. The molecule has 3 rings (SSSR count). The normalized spacial score (nSPS) is 10.5. The summed E-state index contributed by atoms with van der Waals surface area (Å²) in [6.45, 7) is 0. The summed E-state index contributed by atoms with van der Waals surface area (Å²) in [7, 11) is 1.49. The average molecular weight is 379 g/mol. The Kier molecular flexibility index (Phi) is 5.69. The molecule has 4 N–H and O–H groups in total. The first-order valence-corrected chi connectivity index (χ1v) is 8.74. The number of benzene rings is 3. The summed E-state index contributed by atoms with van der Waals surface area (Å²) < 4.78 is 5.01. The Balaban J connectivity index is 1.61. The van der Waals surface area contributed by atoms with Crippen molar-refractivity contribution in [2.24, 2.45) is 0 Å². The van der Waals surface area contributed by atoms with Crippen LogP contribution >= 0.6 is 0 Å². The fourth-order valence-corrected chi connectivity index (χ4v) is 2.80. The highest BCUT2D eigenvalue weighted by molar-refractivity contribution is 6.06. The monoisotopic (exact) mass is 379 g/mol. The van der Waals surface area contributed by atoms with E-state index in [1.54, 1.807) is 30.3 Å². The van der Waals surface area contributed by atoms with Gasteiger partial charge in [0, 0.05) is 11.8 Å². The highest BCUT2D eigenvalue weighted by atomic mass is 16.5. The van der Waals surface area contributed by atoms with Crippen LogP contribution in [0.3, 0.4) is 0 Å². The van der Waals surface area contributed by atoms with Crippen molar-refractivity contribution in [2.45, 2.75) is 12.8 Å². The number of hydrogen-bond acceptors (Lipinski definition) is 5. The van der Waals surface area contributed by atoms with Gasteiger partial charge in [-0.15, -0.1) is 0 Å². The minimum atomic E-state index is -0.410. The van der Waals surface area contributed by atoms with Crippen LogP contribution in [0.2, 0.25) is 0 Å². The van der Waals surface area contributed by atoms with E-state index in [-0.39, 0.29) is 22.8 Å². The molecule has 0 radical (unpaired) electrons. The zero-order valence-electron chi connectivity index (χ0n) is 15.3. The van der Waals surface area contributed by atoms with Crippen LogP contribution < -0.4 is 10.1 Å². The number of nitrogens with one attached hydrogen (secondary N) is 1. The van der Waals surface area contributed by atoms with Crippen LogP contribution in [0, 0.1) is 0 Å². The number of hydrogen-bond donors (Lipinski definition) is 4. The van der Waals surface area contributed by atoms with Crippen molar-refractivity contribution in [1.82, 2.24) is 0 Å². The summed E-state index contributed by atoms with van der Waals surface area (Å²) in [5.41, 5.74) is 2.77. The highest BCUT2D eigenvalue weighted by Gasteiger charge is 2.12. The van der Waals surface area contributed by atoms with E-state index in [9.17, 15) is 20.1 Å². The van der Waals surface area contributed by atoms with Crippen molar-refractivity contribution < 1.29 is 24.9 Å². The molecule has 0 aliphatic carbocycles. The Morgan fingerprint density at radius 3 is 2.14 bits per heavy atom. The number of phenols is 3. The molecule has 0 spiro atoms. The molecule has 0 bridgehead atoms. The Labute approximate surface area is 162 Å². The molecule has 0 aliphatic rings. The Hall–Kier alpha value is -3.67. The van der Waals surface area contributed by atoms with Gasteiger partial charge in [0.15, 0.2) is 11.5 Å². The highest BCUT2D eigenvalue weighted by Crippen LogP contribution is 2.26. The van der Waals surface area contributed by atoms with Gasteiger partial charge in [-0.1, -0.05) is 18.2 Å². The lowest BCUT2D eigenvalue weighted by Crippen LogP contribution is -2.12. The van der Waals surface area contributed by atoms with Gasteiger partial charge in [-0.05, 0) is 60.4 Å². The van der Waals surface area contributed by atoms with Gasteiger partial charge in [-0.2, -0.15) is 0 Å². The fraction of sp³-hybridized carbons (Fsp3) is 0.136. The number of anilines is 1. The van der Waals surface area contributed by atoms with Gasteiger partial charge >= 0.3 is 0 Å². The van der Waals surface area contributed by atoms with Crippen molar-refractivity contribution in [3.05, 3.63) is 77.4 Å². The van der Waals surface area contributed by atoms with Gasteiger partial charge < -0.3 is 25.4 Å². The zero-order valence-corrected chi connectivity index (χ0v) is 15.3. The van der Waals surface area contributed by atoms with E-state index < -0.39 is 5.91 Å². The maximum Gasteiger partial charge on any atom is 0.259 e. The zero-order chi connectivity index (χ0) is 20.1. The lowest BCUT2D eigenvalue weighted by Gasteiger charge is -2.09. The van der Waals surface area contributed by atoms with Gasteiger partial charge in [-0.25, -0.2) is 0 Å². The predicted octanol–water partition coefficient (Wildman–Crippen LogP) is 3.85. The van der Waals surface area contributed by atoms with Crippen molar-refractivity contribution in [1.29, 1.82) is 0 Å². The number of aryl methyl sites for hydroxylation is 2. The number of aromatic hydroxyl groups is 3. The van der Waals surface area contributed by atoms with E-state index in [0.717, 1.165) is 17.5 Å². The molecule has 28 heavy (non-hydrogen) atoms. The van der Waals surface area contributed by atoms with Crippen molar-refractivity contribution in [2.75, 3.05) is 12.4 Å². The largest absolute Gasteiger partial charge is 0.507 e. The summed E-state index contributed by atoms with van der Waals surface area (Å²) in [5.74, 6) is -0.345. The van der Waals surface area contributed by atoms with Crippen LogP contribution in [0.15, 0.2) is 60.7 Å². The summed E-state index contributed by atoms with van der Waals surface area (Å²) in [4.78, 5) is 12.3. The van der Waals surface area contributed by atoms with Crippen LogP contribution in [-0.2, 0) is 12.8 Å². The molecular weight excluding hydrogens is 358 g/mol. The van der Waals surface area contributed by atoms with Gasteiger partial charge in [0.25, 0.3) is 5.91 Å². The molecule has 0 saturated carbocycles. The number of rotatable bonds is 6. The summed E-state index contributed by atoms with van der Waals surface area (Å²) in [5, 5.41) is 31.6. The van der Waals surface area contributed by atoms with Crippen molar-refractivity contribution in [3.8, 4) is 23.0 Å². The van der Waals surface area contributed by atoms with Gasteiger partial charge in [-0.3, -0.25) is 4.79 Å². The second kappa shape index (κ2) is 8.35. The molecule has 6 heteroatoms. The number of ether oxygens (including phenoxy) is 1. The third-order valence-electron chi connectivity index (χ3n) is 4.40. The van der Waals surface area contributed by atoms with E-state index in [1.165, 1.54) is 25.3 Å². The lowest BCUT2D eigenvalue weighted by molar-refractivity contribution is 0.102. The van der Waals surface area contributed by atoms with Gasteiger partial charge in [0.1, 0.15) is 11.5 Å². The van der Waals surface area contributed by atoms with Crippen LogP contribution in [0.25, 0.3) is 0 Å². The molecule has 144 valence electrons. The molecular formula is C22H21NO5. The minimum absolute atomic E-state index is 0.127. The van der Waals surface area contributed by atoms with Crippen LogP contribution in [0.5, 0.6) is 23.0 Å². The summed E-state index contributed by atoms with van der Waals surface area (Å²) >= 11 is 0. The maximum absolute atomic E-state index is 12.3. The second-order valence-electron chi connectivity index (χ2n) is 6.36. The third-order valence-corrected chi connectivity index (χ3v) is 4.40. The predicted molar refractivity (Wildman–Crippen MR) is 106 cm³/mol. The molecule has 0 fully saturated rings. The smallest absolute Gasteiger partial charge is 0.259 e. The number of carbonyl (C=O) groups is 1. The standard InChI is InChI=1S/C22H21NO5/c1-28-17-9-10-18(20(25)13-17)22(27)23-16-7-4-14(5-8-16)2-3-15-6-11-19(24)21(26)12-15/h4-13,24-26H,2-3H2,1H3,(H,23,27). The maximum atomic E-state index is 12.3. The SMILES string of the molecule is COc1ccc(C(=O)Nc2ccc(CCc3ccc(O)c(O)c3)cc2)c(O)c1. The van der Waals surface area contributed by atoms with Crippen molar-refractivity contribution >= 4 is 11.6 Å². The van der Waals surface area contributed by atoms with Crippen LogP contribution in [0.4, 0.5) is 5.69 Å². The van der Waals surface area contributed by atoms with E-state index in [4.69, 9.17) is 4.74 Å². The van der Waals surface area contributed by atoms with Gasteiger partial charge in [0.05, 0.1) is 12.7 Å². The van der Waals surface area contributed by atoms with E-state index >= 15 is 0 Å². The summed E-state index contributed by atoms with van der Waals surface area (Å²) in [6, 6.07) is 16.7. The summed E-state index contributed by atoms with van der Waals surface area (Å²) in [6.07, 6.45) is 1.46. The van der Waals surface area contributed by atoms with Crippen molar-refractivity contribution in [3.63, 3.8) is 0 Å². The molecule has 0 unspecified atom stereocenters. The molecule has 0 heterocycles. The third kappa shape index (κ3) is 4.54. The molecule has 0 aromatic heterocycles. The number of phenolic OH excluding ortho intramolecular Hbond substituents is 3. The lowest BCUT2D eigenvalue weighted by atomic mass is 10.0. The van der Waals surface area contributed by atoms with E-state index in [0.29, 0.717) is 17.9 Å². The number of carbonyl (C=O) groups excluding carboxylic acids is 1. The van der Waals surface area contributed by atoms with Crippen LogP contribution in [0.1, 0.15) is 21.5 Å².